The molecule has 10 atom stereocenters. The second-order valence-electron chi connectivity index (χ2n) is 20.2. The Bertz CT molecular complexity index is 2400. The fourth-order valence-electron chi connectivity index (χ4n) is 7.23. The number of rotatable bonds is 28. The SMILES string of the molecule is CC(C)(C)/[N+]([O-])=C/c1ccc(CNC(=O)CCC(=O)NCC(=O)NC(COC(=O)NCCC(F)(F)C(F)(F)C(F)(F)C(F)(F)C(F)(F)C(F)(F)C(F)(F)C(F)(F)F)(CO[C@@H]2O[C@H](CO)[C@H](O)[C@H](O)[C@H]2O)CO[C@@H]2O[C@H](CO)[C@H](O)[C@H](O)[C@H]2O)cc1. The van der Waals surface area contributed by atoms with Crippen molar-refractivity contribution >= 4 is 30.0 Å². The molecule has 40 heteroatoms. The van der Waals surface area contributed by atoms with Crippen molar-refractivity contribution in [2.75, 3.05) is 46.1 Å². The van der Waals surface area contributed by atoms with Gasteiger partial charge in [0, 0.05) is 58.7 Å². The predicted octanol–water partition coefficient (Wildman–Crippen LogP) is 0.541. The van der Waals surface area contributed by atoms with Gasteiger partial charge in [-0.3, -0.25) is 14.4 Å². The number of ether oxygens (including phenoxy) is 5. The van der Waals surface area contributed by atoms with E-state index in [0.717, 1.165) is 10.1 Å². The minimum absolute atomic E-state index is 0.0762. The van der Waals surface area contributed by atoms with Gasteiger partial charge in [-0.25, -0.2) is 9.53 Å². The zero-order valence-electron chi connectivity index (χ0n) is 44.0. The monoisotopic (exact) mass is 1280 g/mol. The standard InChI is InChI=1S/C45H58F17N5O18/c1-36(2,3)67(80)14-21-6-4-20(5-7-21)12-64-24(70)8-9-25(71)65-13-26(72)66-37(17-81-33-31(77)29(75)27(73)22(15-68)84-33,18-82-34-32(78)30(76)28(74)23(16-69)85-34)19-83-35(79)63-11-10-38(46,47)39(48,49)40(50,51)41(52,53)42(54,55)43(56,57)44(58,59)45(60,61)62/h4-7,14,22-23,27-34,68-69,73-78H,8-13,15-19H2,1-3H3,(H,63,79)(H,64,70)(H,65,71)(H,66,72)/b67-14-/t22-,23-,27+,28+,29+,30+,31-,32-,33-,34-/m1/s1. The number of benzene rings is 1. The summed E-state index contributed by atoms with van der Waals surface area (Å²) in [5.74, 6) is -62.0. The molecule has 0 aromatic heterocycles. The molecule has 0 unspecified atom stereocenters. The summed E-state index contributed by atoms with van der Waals surface area (Å²) in [6.45, 7) is -5.31. The molecule has 2 heterocycles. The number of carbonyl (C=O) groups is 4. The van der Waals surface area contributed by atoms with Crippen molar-refractivity contribution < 1.29 is 163 Å². The van der Waals surface area contributed by atoms with E-state index in [-0.39, 0.29) is 6.54 Å². The summed E-state index contributed by atoms with van der Waals surface area (Å²) in [5, 5.41) is 101. The molecule has 490 valence electrons. The third kappa shape index (κ3) is 16.7. The third-order valence-corrected chi connectivity index (χ3v) is 12.5. The van der Waals surface area contributed by atoms with Crippen LogP contribution in [0.1, 0.15) is 51.2 Å². The van der Waals surface area contributed by atoms with Crippen LogP contribution < -0.4 is 21.3 Å². The number of hydrogen-bond acceptors (Lipinski definition) is 18. The highest BCUT2D eigenvalue weighted by molar-refractivity contribution is 5.87. The Hall–Kier alpha value is -5.30. The van der Waals surface area contributed by atoms with E-state index in [4.69, 9.17) is 23.7 Å². The topological polar surface area (TPSA) is 350 Å². The molecule has 2 aliphatic rings. The first-order valence-corrected chi connectivity index (χ1v) is 24.3. The normalized spacial score (nSPS) is 24.6. The van der Waals surface area contributed by atoms with Crippen LogP contribution in [0.4, 0.5) is 79.4 Å². The number of carbonyl (C=O) groups excluding carboxylic acids is 4. The van der Waals surface area contributed by atoms with Crippen LogP contribution in [-0.2, 0) is 44.6 Å². The van der Waals surface area contributed by atoms with Gasteiger partial charge in [-0.15, -0.1) is 0 Å². The van der Waals surface area contributed by atoms with E-state index in [1.807, 2.05) is 10.6 Å². The highest BCUT2D eigenvalue weighted by Crippen LogP contribution is 2.64. The predicted molar refractivity (Wildman–Crippen MR) is 244 cm³/mol. The molecular formula is C45H58F17N5O18. The van der Waals surface area contributed by atoms with Gasteiger partial charge in [-0.1, -0.05) is 12.1 Å². The van der Waals surface area contributed by atoms with Crippen molar-refractivity contribution in [1.29, 1.82) is 0 Å². The lowest BCUT2D eigenvalue weighted by atomic mass is 9.88. The number of halogens is 17. The number of nitrogens with one attached hydrogen (secondary N) is 4. The fraction of sp³-hybridized carbons (Fsp3) is 0.756. The number of aliphatic hydroxyl groups excluding tert-OH is 8. The van der Waals surface area contributed by atoms with Crippen LogP contribution >= 0.6 is 0 Å². The van der Waals surface area contributed by atoms with E-state index >= 15 is 0 Å². The minimum atomic E-state index is -8.92. The Morgan fingerprint density at radius 2 is 1.00 bits per heavy atom. The van der Waals surface area contributed by atoms with Crippen LogP contribution in [0.5, 0.6) is 0 Å². The molecule has 1 aromatic carbocycles. The molecule has 2 aliphatic heterocycles. The minimum Gasteiger partial charge on any atom is -0.623 e. The first-order chi connectivity index (χ1) is 38.6. The Kier molecular flexibility index (Phi) is 24.2. The summed E-state index contributed by atoms with van der Waals surface area (Å²) < 4.78 is 262. The lowest BCUT2D eigenvalue weighted by Gasteiger charge is -2.43. The molecule has 3 rings (SSSR count). The quantitative estimate of drug-likeness (QED) is 0.0179. The maximum absolute atomic E-state index is 14.7. The fourth-order valence-corrected chi connectivity index (χ4v) is 7.23. The number of aliphatic hydroxyl groups is 8. The lowest BCUT2D eigenvalue weighted by Crippen LogP contribution is -2.74. The number of alkyl carbamates (subject to hydrolysis) is 1. The van der Waals surface area contributed by atoms with Crippen molar-refractivity contribution in [3.05, 3.63) is 40.6 Å². The average Bonchev–Trinajstić information content (AvgIpc) is 0.987. The van der Waals surface area contributed by atoms with Crippen LogP contribution in [0.15, 0.2) is 24.3 Å². The largest absolute Gasteiger partial charge is 0.623 e. The molecule has 23 nitrogen and oxygen atoms in total. The Labute approximate surface area is 467 Å². The second-order valence-corrected chi connectivity index (χ2v) is 20.2. The number of nitrogens with zero attached hydrogens (tertiary/aromatic N) is 1. The molecule has 0 radical (unpaired) electrons. The zero-order valence-corrected chi connectivity index (χ0v) is 44.0. The van der Waals surface area contributed by atoms with Crippen LogP contribution in [0.25, 0.3) is 0 Å². The Balaban J connectivity index is 1.90. The highest BCUT2D eigenvalue weighted by Gasteiger charge is 2.95. The van der Waals surface area contributed by atoms with E-state index in [2.05, 4.69) is 5.32 Å². The molecule has 1 aromatic rings. The summed E-state index contributed by atoms with van der Waals surface area (Å²) in [5.41, 5.74) is -2.50. The van der Waals surface area contributed by atoms with Crippen molar-refractivity contribution in [1.82, 2.24) is 21.3 Å². The Morgan fingerprint density at radius 1 is 0.576 bits per heavy atom. The van der Waals surface area contributed by atoms with Gasteiger partial charge in [0.05, 0.1) is 33.0 Å². The van der Waals surface area contributed by atoms with E-state index in [1.54, 1.807) is 45.0 Å². The number of amides is 4. The molecule has 0 aliphatic carbocycles. The van der Waals surface area contributed by atoms with Crippen LogP contribution in [0, 0.1) is 5.21 Å². The van der Waals surface area contributed by atoms with Crippen LogP contribution in [0.3, 0.4) is 0 Å². The molecule has 2 saturated heterocycles. The van der Waals surface area contributed by atoms with Crippen molar-refractivity contribution in [3.8, 4) is 0 Å². The van der Waals surface area contributed by atoms with E-state index in [9.17, 15) is 140 Å². The third-order valence-electron chi connectivity index (χ3n) is 12.5. The van der Waals surface area contributed by atoms with Gasteiger partial charge >= 0.3 is 53.7 Å². The molecule has 0 spiro atoms. The summed E-state index contributed by atoms with van der Waals surface area (Å²) in [7, 11) is 0. The maximum atomic E-state index is 14.7. The molecule has 0 bridgehead atoms. The number of alkyl halides is 17. The summed E-state index contributed by atoms with van der Waals surface area (Å²) >= 11 is 0. The molecule has 4 amide bonds. The van der Waals surface area contributed by atoms with Gasteiger partial charge in [-0.2, -0.15) is 74.6 Å². The van der Waals surface area contributed by atoms with Crippen molar-refractivity contribution in [2.45, 2.75) is 167 Å². The average molecular weight is 1280 g/mol. The Morgan fingerprint density at radius 3 is 1.42 bits per heavy atom. The summed E-state index contributed by atoms with van der Waals surface area (Å²) in [4.78, 5) is 51.9. The van der Waals surface area contributed by atoms with Crippen molar-refractivity contribution in [3.63, 3.8) is 0 Å². The summed E-state index contributed by atoms with van der Waals surface area (Å²) in [6.07, 6.45) is -34.6. The smallest absolute Gasteiger partial charge is 0.460 e. The molecular weight excluding hydrogens is 1220 g/mol. The van der Waals surface area contributed by atoms with Gasteiger partial charge in [0.25, 0.3) is 0 Å². The van der Waals surface area contributed by atoms with Crippen LogP contribution in [-0.4, -0.2) is 242 Å². The van der Waals surface area contributed by atoms with Gasteiger partial charge < -0.3 is 91.0 Å². The number of hydroxylamine groups is 1. The van der Waals surface area contributed by atoms with Crippen molar-refractivity contribution in [2.24, 2.45) is 0 Å². The summed E-state index contributed by atoms with van der Waals surface area (Å²) in [6, 6.07) is 6.30. The van der Waals surface area contributed by atoms with Gasteiger partial charge in [0.2, 0.25) is 17.7 Å². The molecule has 2 fully saturated rings. The van der Waals surface area contributed by atoms with E-state index < -0.39 is 209 Å². The van der Waals surface area contributed by atoms with E-state index in [1.165, 1.54) is 6.21 Å². The maximum Gasteiger partial charge on any atom is 0.460 e. The lowest BCUT2D eigenvalue weighted by molar-refractivity contribution is -0.530. The molecule has 85 heavy (non-hydrogen) atoms. The molecule has 12 N–H and O–H groups in total. The first kappa shape index (κ1) is 74.0. The number of hydrogen-bond donors (Lipinski definition) is 12. The van der Waals surface area contributed by atoms with E-state index in [0.29, 0.717) is 11.1 Å². The van der Waals surface area contributed by atoms with Gasteiger partial charge in [-0.05, 0) is 17.7 Å². The van der Waals surface area contributed by atoms with Crippen LogP contribution in [0.2, 0.25) is 0 Å². The highest BCUT2D eigenvalue weighted by atomic mass is 19.4. The van der Waals surface area contributed by atoms with Gasteiger partial charge in [0.15, 0.2) is 24.3 Å². The zero-order chi connectivity index (χ0) is 65.5. The first-order valence-electron chi connectivity index (χ1n) is 24.3. The van der Waals surface area contributed by atoms with Gasteiger partial charge in [0.1, 0.15) is 61.0 Å². The second kappa shape index (κ2) is 27.8. The molecule has 0 saturated carbocycles.